The minimum Gasteiger partial charge on any atom is -0.497 e. The molecule has 1 amide bonds. The Morgan fingerprint density at radius 1 is 1.09 bits per heavy atom. The monoisotopic (exact) mass is 542 g/mol. The highest BCUT2D eigenvalue weighted by molar-refractivity contribution is 9.10. The van der Waals surface area contributed by atoms with Crippen molar-refractivity contribution < 1.29 is 23.1 Å². The molecule has 0 bridgehead atoms. The summed E-state index contributed by atoms with van der Waals surface area (Å²) in [6.45, 7) is -0.589. The summed E-state index contributed by atoms with van der Waals surface area (Å²) in [6.07, 6.45) is 0. The van der Waals surface area contributed by atoms with Crippen LogP contribution in [-0.2, 0) is 14.8 Å². The van der Waals surface area contributed by atoms with Crippen molar-refractivity contribution in [2.45, 2.75) is 4.90 Å². The average Bonchev–Trinajstić information content (AvgIpc) is 3.15. The number of hydrogen-bond donors (Lipinski definition) is 2. The number of H-pyrrole nitrogens is 1. The van der Waals surface area contributed by atoms with E-state index in [1.54, 1.807) is 48.5 Å². The van der Waals surface area contributed by atoms with Gasteiger partial charge in [-0.25, -0.2) is 8.42 Å². The van der Waals surface area contributed by atoms with Crippen molar-refractivity contribution in [3.8, 4) is 11.6 Å². The Morgan fingerprint density at radius 2 is 1.79 bits per heavy atom. The Hall–Kier alpha value is -3.70. The first kappa shape index (κ1) is 23.5. The van der Waals surface area contributed by atoms with E-state index in [2.05, 4.69) is 31.1 Å². The quantitative estimate of drug-likeness (QED) is 0.312. The molecule has 0 atom stereocenters. The molecule has 0 radical (unpaired) electrons. The summed E-state index contributed by atoms with van der Waals surface area (Å²) in [5.41, 5.74) is 0.977. The number of methoxy groups -OCH3 is 1. The predicted octanol–water partition coefficient (Wildman–Crippen LogP) is 5.15. The van der Waals surface area contributed by atoms with E-state index in [1.165, 1.54) is 31.4 Å². The zero-order valence-electron chi connectivity index (χ0n) is 17.8. The molecule has 9 nitrogen and oxygen atoms in total. The lowest BCUT2D eigenvalue weighted by Crippen LogP contribution is -2.35. The number of fused-ring (bicyclic) bond motifs is 1. The number of aromatic hydroxyl groups is 1. The second-order valence-electron chi connectivity index (χ2n) is 7.13. The highest BCUT2D eigenvalue weighted by Gasteiger charge is 2.27. The van der Waals surface area contributed by atoms with Crippen LogP contribution >= 0.6 is 15.9 Å². The van der Waals surface area contributed by atoms with Gasteiger partial charge in [0.2, 0.25) is 5.88 Å². The third kappa shape index (κ3) is 4.80. The average molecular weight is 543 g/mol. The zero-order chi connectivity index (χ0) is 24.3. The summed E-state index contributed by atoms with van der Waals surface area (Å²) in [7, 11) is -2.62. The van der Waals surface area contributed by atoms with E-state index < -0.39 is 22.5 Å². The molecule has 0 aliphatic heterocycles. The number of carbonyl (C=O) groups excluding carboxylic acids is 1. The van der Waals surface area contributed by atoms with E-state index in [-0.39, 0.29) is 16.5 Å². The number of rotatable bonds is 7. The van der Waals surface area contributed by atoms with Crippen molar-refractivity contribution in [2.75, 3.05) is 18.0 Å². The van der Waals surface area contributed by atoms with Gasteiger partial charge in [0.05, 0.1) is 23.2 Å². The lowest BCUT2D eigenvalue weighted by atomic mass is 10.2. The molecule has 2 N–H and O–H groups in total. The van der Waals surface area contributed by atoms with E-state index in [4.69, 9.17) is 4.74 Å². The molecule has 11 heteroatoms. The number of amides is 1. The molecule has 0 saturated heterocycles. The Labute approximate surface area is 203 Å². The first-order valence-corrected chi connectivity index (χ1v) is 12.2. The second kappa shape index (κ2) is 9.65. The summed E-state index contributed by atoms with van der Waals surface area (Å²) in [4.78, 5) is 15.5. The first-order chi connectivity index (χ1) is 16.3. The molecule has 1 aromatic heterocycles. The van der Waals surface area contributed by atoms with Gasteiger partial charge in [-0.2, -0.15) is 0 Å². The Balaban J connectivity index is 1.65. The van der Waals surface area contributed by atoms with Crippen molar-refractivity contribution in [3.05, 3.63) is 77.3 Å². The van der Waals surface area contributed by atoms with Gasteiger partial charge in [-0.05, 0) is 54.6 Å². The van der Waals surface area contributed by atoms with Crippen LogP contribution in [0.5, 0.6) is 11.6 Å². The molecule has 174 valence electrons. The Morgan fingerprint density at radius 3 is 2.47 bits per heavy atom. The number of azo groups is 1. The van der Waals surface area contributed by atoms with E-state index >= 15 is 0 Å². The molecule has 0 unspecified atom stereocenters. The number of nitrogens with zero attached hydrogens (tertiary/aromatic N) is 3. The number of aromatic amines is 1. The molecule has 0 spiro atoms. The van der Waals surface area contributed by atoms with Gasteiger partial charge in [0.1, 0.15) is 12.3 Å². The Bertz CT molecular complexity index is 1470. The number of halogens is 1. The molecular weight excluding hydrogens is 524 g/mol. The molecule has 34 heavy (non-hydrogen) atoms. The maximum atomic E-state index is 13.4. The molecule has 4 aromatic rings. The third-order valence-corrected chi connectivity index (χ3v) is 7.23. The van der Waals surface area contributed by atoms with Crippen molar-refractivity contribution >= 4 is 54.1 Å². The maximum Gasteiger partial charge on any atom is 0.285 e. The van der Waals surface area contributed by atoms with Gasteiger partial charge in [-0.15, -0.1) is 10.2 Å². The fourth-order valence-corrected chi connectivity index (χ4v) is 5.06. The summed E-state index contributed by atoms with van der Waals surface area (Å²) in [5.74, 6) is -0.569. The van der Waals surface area contributed by atoms with Crippen LogP contribution < -0.4 is 9.04 Å². The van der Waals surface area contributed by atoms with Crippen molar-refractivity contribution in [2.24, 2.45) is 10.2 Å². The molecular formula is C23H19BrN4O5S. The van der Waals surface area contributed by atoms with Gasteiger partial charge in [0.25, 0.3) is 15.9 Å². The molecule has 0 aliphatic rings. The highest BCUT2D eigenvalue weighted by Crippen LogP contribution is 2.37. The molecule has 4 rings (SSSR count). The van der Waals surface area contributed by atoms with Crippen LogP contribution in [0.3, 0.4) is 0 Å². The van der Waals surface area contributed by atoms with Gasteiger partial charge in [0, 0.05) is 9.86 Å². The number of aromatic nitrogens is 1. The van der Waals surface area contributed by atoms with Crippen LogP contribution in [0.4, 0.5) is 11.4 Å². The van der Waals surface area contributed by atoms with Crippen LogP contribution in [-0.4, -0.2) is 38.1 Å². The van der Waals surface area contributed by atoms with E-state index in [0.717, 1.165) is 8.78 Å². The fourth-order valence-electron chi connectivity index (χ4n) is 3.28. The molecule has 0 aliphatic carbocycles. The predicted molar refractivity (Wildman–Crippen MR) is 131 cm³/mol. The van der Waals surface area contributed by atoms with Crippen molar-refractivity contribution in [1.82, 2.24) is 4.98 Å². The second-order valence-corrected chi connectivity index (χ2v) is 9.91. The summed E-state index contributed by atoms with van der Waals surface area (Å²) in [6, 6.07) is 19.3. The summed E-state index contributed by atoms with van der Waals surface area (Å²) in [5, 5.41) is 18.3. The standard InChI is InChI=1S/C23H19BrN4O5S/c1-33-17-8-10-18(11-9-17)34(31,32)28(16-5-3-2-4-6-16)14-21(29)26-27-22-19-13-15(24)7-12-20(19)25-23(22)30/h2-13,25,30H,14H2,1H3. The number of para-hydroxylation sites is 1. The van der Waals surface area contributed by atoms with E-state index in [1.807, 2.05) is 0 Å². The van der Waals surface area contributed by atoms with Crippen molar-refractivity contribution in [1.29, 1.82) is 0 Å². The van der Waals surface area contributed by atoms with Crippen LogP contribution in [0.25, 0.3) is 10.9 Å². The number of nitrogens with one attached hydrogen (secondary N) is 1. The van der Waals surface area contributed by atoms with Crippen molar-refractivity contribution in [3.63, 3.8) is 0 Å². The van der Waals surface area contributed by atoms with Gasteiger partial charge in [0.15, 0.2) is 5.69 Å². The third-order valence-electron chi connectivity index (χ3n) is 4.95. The molecule has 0 fully saturated rings. The van der Waals surface area contributed by atoms with Crippen LogP contribution in [0.15, 0.2) is 92.4 Å². The molecule has 1 heterocycles. The lowest BCUT2D eigenvalue weighted by molar-refractivity contribution is -0.116. The van der Waals surface area contributed by atoms with Crippen LogP contribution in [0, 0.1) is 0 Å². The number of carbonyl (C=O) groups is 1. The van der Waals surface area contributed by atoms with E-state index in [9.17, 15) is 18.3 Å². The number of anilines is 1. The van der Waals surface area contributed by atoms with Gasteiger partial charge < -0.3 is 14.8 Å². The number of benzene rings is 3. The normalized spacial score (nSPS) is 11.7. The van der Waals surface area contributed by atoms with Crippen LogP contribution in [0.2, 0.25) is 0 Å². The Kier molecular flexibility index (Phi) is 6.66. The lowest BCUT2D eigenvalue weighted by Gasteiger charge is -2.23. The minimum absolute atomic E-state index is 0.0129. The SMILES string of the molecule is COc1ccc(S(=O)(=O)N(CC(=O)N=Nc2c(O)[nH]c3ccc(Br)cc23)c2ccccc2)cc1. The highest BCUT2D eigenvalue weighted by atomic mass is 79.9. The zero-order valence-corrected chi connectivity index (χ0v) is 20.2. The first-order valence-electron chi connectivity index (χ1n) is 9.96. The maximum absolute atomic E-state index is 13.4. The number of ether oxygens (including phenoxy) is 1. The smallest absolute Gasteiger partial charge is 0.285 e. The van der Waals surface area contributed by atoms with E-state index in [0.29, 0.717) is 22.3 Å². The molecule has 3 aromatic carbocycles. The number of sulfonamides is 1. The number of hydrogen-bond acceptors (Lipinski definition) is 6. The fraction of sp³-hybridized carbons (Fsp3) is 0.0870. The molecule has 0 saturated carbocycles. The van der Waals surface area contributed by atoms with Gasteiger partial charge in [-0.3, -0.25) is 9.10 Å². The minimum atomic E-state index is -4.10. The van der Waals surface area contributed by atoms with Crippen LogP contribution in [0.1, 0.15) is 0 Å². The topological polar surface area (TPSA) is 124 Å². The van der Waals surface area contributed by atoms with Gasteiger partial charge in [-0.1, -0.05) is 34.1 Å². The largest absolute Gasteiger partial charge is 0.497 e. The van der Waals surface area contributed by atoms with Gasteiger partial charge >= 0.3 is 0 Å². The summed E-state index contributed by atoms with van der Waals surface area (Å²) < 4.78 is 33.6. The summed E-state index contributed by atoms with van der Waals surface area (Å²) >= 11 is 3.35.